The van der Waals surface area contributed by atoms with E-state index in [0.717, 1.165) is 16.7 Å². The Balaban J connectivity index is 2.43. The van der Waals surface area contributed by atoms with Crippen molar-refractivity contribution in [1.29, 1.82) is 0 Å². The third-order valence-corrected chi connectivity index (χ3v) is 5.45. The van der Waals surface area contributed by atoms with E-state index in [9.17, 15) is 9.59 Å². The van der Waals surface area contributed by atoms with Gasteiger partial charge in [-0.1, -0.05) is 19.9 Å². The monoisotopic (exact) mass is 500 g/mol. The van der Waals surface area contributed by atoms with Crippen LogP contribution in [0.2, 0.25) is 0 Å². The van der Waals surface area contributed by atoms with Crippen molar-refractivity contribution < 1.29 is 24.2 Å². The van der Waals surface area contributed by atoms with E-state index >= 15 is 0 Å². The van der Waals surface area contributed by atoms with Crippen LogP contribution in [-0.4, -0.2) is 53.0 Å². The minimum Gasteiger partial charge on any atom is -0.474 e. The molecule has 0 radical (unpaired) electrons. The summed E-state index contributed by atoms with van der Waals surface area (Å²) in [6.07, 6.45) is -0.0698. The highest BCUT2D eigenvalue weighted by molar-refractivity contribution is 5.83. The first-order valence-corrected chi connectivity index (χ1v) is 12.0. The zero-order valence-electron chi connectivity index (χ0n) is 22.6. The molecule has 0 spiro atoms. The van der Waals surface area contributed by atoms with Crippen molar-refractivity contribution in [2.75, 3.05) is 19.4 Å². The molecule has 1 heterocycles. The van der Waals surface area contributed by atoms with E-state index < -0.39 is 29.3 Å². The smallest absolute Gasteiger partial charge is 0.410 e. The van der Waals surface area contributed by atoms with Crippen molar-refractivity contribution in [3.63, 3.8) is 0 Å². The summed E-state index contributed by atoms with van der Waals surface area (Å²) in [7, 11) is 3.89. The summed E-state index contributed by atoms with van der Waals surface area (Å²) in [5.41, 5.74) is 7.38. The minimum atomic E-state index is -1.18. The number of hydrogen-bond donors (Lipinski definition) is 3. The molecule has 9 heteroatoms. The number of carbonyl (C=O) groups excluding carboxylic acids is 1. The molecule has 9 nitrogen and oxygen atoms in total. The number of pyridine rings is 1. The van der Waals surface area contributed by atoms with Gasteiger partial charge >= 0.3 is 12.1 Å². The molecule has 36 heavy (non-hydrogen) atoms. The van der Waals surface area contributed by atoms with Crippen molar-refractivity contribution in [1.82, 2.24) is 9.88 Å². The summed E-state index contributed by atoms with van der Waals surface area (Å²) >= 11 is 0. The van der Waals surface area contributed by atoms with Crippen molar-refractivity contribution in [2.45, 2.75) is 66.3 Å². The highest BCUT2D eigenvalue weighted by Gasteiger charge is 2.45. The van der Waals surface area contributed by atoms with E-state index in [1.807, 2.05) is 71.8 Å². The molecule has 2 rings (SSSR count). The van der Waals surface area contributed by atoms with Gasteiger partial charge in [-0.15, -0.1) is 0 Å². The van der Waals surface area contributed by atoms with Gasteiger partial charge in [-0.25, -0.2) is 9.78 Å². The molecular formula is C27H40N4O5. The third-order valence-electron chi connectivity index (χ3n) is 5.45. The highest BCUT2D eigenvalue weighted by atomic mass is 16.6. The van der Waals surface area contributed by atoms with Gasteiger partial charge in [0.25, 0.3) is 0 Å². The molecule has 0 aliphatic heterocycles. The Hall–Kier alpha value is -3.17. The average molecular weight is 501 g/mol. The number of ether oxygens (including phenoxy) is 2. The lowest BCUT2D eigenvalue weighted by Gasteiger charge is -2.37. The summed E-state index contributed by atoms with van der Waals surface area (Å²) in [5, 5.41) is 11.3. The number of hydrogen-bond acceptors (Lipinski definition) is 7. The first-order chi connectivity index (χ1) is 16.6. The van der Waals surface area contributed by atoms with Crippen LogP contribution >= 0.6 is 0 Å². The predicted molar refractivity (Wildman–Crippen MR) is 141 cm³/mol. The molecule has 1 aromatic carbocycles. The van der Waals surface area contributed by atoms with Crippen LogP contribution in [0.4, 0.5) is 10.6 Å². The van der Waals surface area contributed by atoms with Gasteiger partial charge in [0.15, 0.2) is 6.23 Å². The SMILES string of the molecule is CC(C)CC(C)(C(=O)OC(C)(C)C)C(N)Oc1ccc(-c2ccnc(NC(=O)O)c2)cc1CN(C)C. The quantitative estimate of drug-likeness (QED) is 0.309. The van der Waals surface area contributed by atoms with Crippen molar-refractivity contribution in [2.24, 2.45) is 17.1 Å². The molecule has 0 saturated carbocycles. The van der Waals surface area contributed by atoms with Crippen LogP contribution in [-0.2, 0) is 16.1 Å². The molecule has 0 aliphatic carbocycles. The first-order valence-electron chi connectivity index (χ1n) is 12.0. The molecule has 4 N–H and O–H groups in total. The van der Waals surface area contributed by atoms with Gasteiger partial charge in [0.05, 0.1) is 0 Å². The molecule has 0 bridgehead atoms. The Morgan fingerprint density at radius 3 is 2.31 bits per heavy atom. The Labute approximate surface area is 214 Å². The van der Waals surface area contributed by atoms with Crippen LogP contribution < -0.4 is 15.8 Å². The van der Waals surface area contributed by atoms with Gasteiger partial charge in [0, 0.05) is 18.3 Å². The van der Waals surface area contributed by atoms with E-state index in [-0.39, 0.29) is 11.7 Å². The van der Waals surface area contributed by atoms with Gasteiger partial charge < -0.3 is 19.5 Å². The topological polar surface area (TPSA) is 127 Å². The second-order valence-electron chi connectivity index (χ2n) is 11.0. The van der Waals surface area contributed by atoms with Crippen LogP contribution in [0.5, 0.6) is 5.75 Å². The van der Waals surface area contributed by atoms with E-state index in [4.69, 9.17) is 20.3 Å². The molecule has 0 saturated heterocycles. The fourth-order valence-corrected chi connectivity index (χ4v) is 3.95. The molecule has 2 unspecified atom stereocenters. The number of nitrogens with one attached hydrogen (secondary N) is 1. The van der Waals surface area contributed by atoms with Crippen LogP contribution in [0.15, 0.2) is 36.5 Å². The van der Waals surface area contributed by atoms with Crippen LogP contribution in [0, 0.1) is 11.3 Å². The lowest BCUT2D eigenvalue weighted by Crippen LogP contribution is -2.52. The third kappa shape index (κ3) is 8.20. The van der Waals surface area contributed by atoms with Crippen LogP contribution in [0.25, 0.3) is 11.1 Å². The number of nitrogens with two attached hydrogens (primary N) is 1. The molecule has 198 valence electrons. The number of aromatic nitrogens is 1. The predicted octanol–water partition coefficient (Wildman–Crippen LogP) is 4.96. The number of carboxylic acid groups (broad SMARTS) is 1. The maximum atomic E-state index is 13.2. The van der Waals surface area contributed by atoms with Gasteiger partial charge in [0.1, 0.15) is 22.6 Å². The zero-order chi connectivity index (χ0) is 27.3. The van der Waals surface area contributed by atoms with Gasteiger partial charge in [-0.3, -0.25) is 15.8 Å². The second-order valence-corrected chi connectivity index (χ2v) is 11.0. The summed E-state index contributed by atoms with van der Waals surface area (Å²) in [5.74, 6) is 0.605. The summed E-state index contributed by atoms with van der Waals surface area (Å²) in [6, 6.07) is 9.13. The Morgan fingerprint density at radius 2 is 1.75 bits per heavy atom. The largest absolute Gasteiger partial charge is 0.474 e. The number of rotatable bonds is 10. The lowest BCUT2D eigenvalue weighted by atomic mass is 9.80. The van der Waals surface area contributed by atoms with E-state index in [2.05, 4.69) is 10.3 Å². The molecule has 1 amide bonds. The van der Waals surface area contributed by atoms with E-state index in [0.29, 0.717) is 18.7 Å². The number of benzene rings is 1. The highest BCUT2D eigenvalue weighted by Crippen LogP contribution is 2.36. The molecule has 0 fully saturated rings. The van der Waals surface area contributed by atoms with Gasteiger partial charge in [-0.05, 0) is 89.5 Å². The molecule has 1 aromatic heterocycles. The number of carbonyl (C=O) groups is 2. The summed E-state index contributed by atoms with van der Waals surface area (Å²) < 4.78 is 12.0. The normalized spacial score (nSPS) is 14.3. The zero-order valence-corrected chi connectivity index (χ0v) is 22.6. The maximum Gasteiger partial charge on any atom is 0.410 e. The first kappa shape index (κ1) is 29.1. The van der Waals surface area contributed by atoms with E-state index in [1.54, 1.807) is 25.3 Å². The standard InChI is InChI=1S/C27H40N4O5/c1-17(2)15-27(6,24(32)36-26(3,4)5)23(28)35-21-10-9-18(13-20(21)16-31(7)8)19-11-12-29-22(14-19)30-25(33)34/h9-14,17,23H,15-16,28H2,1-8H3,(H,29,30)(H,33,34). The molecule has 2 aromatic rings. The van der Waals surface area contributed by atoms with E-state index in [1.165, 1.54) is 0 Å². The Kier molecular flexibility index (Phi) is 9.45. The summed E-state index contributed by atoms with van der Waals surface area (Å²) in [6.45, 7) is 11.9. The summed E-state index contributed by atoms with van der Waals surface area (Å²) in [4.78, 5) is 30.2. The Morgan fingerprint density at radius 1 is 1.11 bits per heavy atom. The van der Waals surface area contributed by atoms with Crippen molar-refractivity contribution in [3.05, 3.63) is 42.1 Å². The fourth-order valence-electron chi connectivity index (χ4n) is 3.95. The van der Waals surface area contributed by atoms with Crippen molar-refractivity contribution in [3.8, 4) is 16.9 Å². The number of amides is 1. The molecular weight excluding hydrogens is 460 g/mol. The number of nitrogens with zero attached hydrogens (tertiary/aromatic N) is 2. The van der Waals surface area contributed by atoms with Gasteiger partial charge in [-0.2, -0.15) is 0 Å². The van der Waals surface area contributed by atoms with Crippen LogP contribution in [0.3, 0.4) is 0 Å². The maximum absolute atomic E-state index is 13.2. The fraction of sp³-hybridized carbons (Fsp3) is 0.519. The second kappa shape index (κ2) is 11.7. The number of esters is 1. The molecule has 0 aliphatic rings. The number of anilines is 1. The Bertz CT molecular complexity index is 1060. The van der Waals surface area contributed by atoms with Crippen molar-refractivity contribution >= 4 is 17.9 Å². The van der Waals surface area contributed by atoms with Gasteiger partial charge in [0.2, 0.25) is 0 Å². The lowest BCUT2D eigenvalue weighted by molar-refractivity contribution is -0.174. The molecule has 2 atom stereocenters. The van der Waals surface area contributed by atoms with Crippen LogP contribution in [0.1, 0.15) is 53.5 Å². The minimum absolute atomic E-state index is 0.195. The average Bonchev–Trinajstić information content (AvgIpc) is 2.72.